The molecule has 0 aromatic heterocycles. The van der Waals surface area contributed by atoms with Gasteiger partial charge in [-0.15, -0.1) is 0 Å². The molecule has 1 rings (SSSR count). The van der Waals surface area contributed by atoms with Crippen molar-refractivity contribution in [1.82, 2.24) is 0 Å². The predicted octanol–water partition coefficient (Wildman–Crippen LogP) is 1.65. The van der Waals surface area contributed by atoms with Crippen LogP contribution < -0.4 is 4.74 Å². The molecule has 1 aromatic rings. The number of carboxylic acids is 1. The number of carbonyl (C=O) groups is 2. The minimum absolute atomic E-state index is 0.113. The summed E-state index contributed by atoms with van der Waals surface area (Å²) in [5, 5.41) is 8.43. The Labute approximate surface area is 95.0 Å². The third-order valence-corrected chi connectivity index (χ3v) is 2.44. The van der Waals surface area contributed by atoms with Gasteiger partial charge in [-0.2, -0.15) is 0 Å². The zero-order chi connectivity index (χ0) is 11.4. The first-order valence-corrected chi connectivity index (χ1v) is 4.92. The topological polar surface area (TPSA) is 63.6 Å². The van der Waals surface area contributed by atoms with Crippen molar-refractivity contribution in [3.63, 3.8) is 0 Å². The number of halogens is 1. The quantitative estimate of drug-likeness (QED) is 0.847. The second-order valence-electron chi connectivity index (χ2n) is 2.87. The number of Topliss-reactive ketones (excluding diaryl/α,β-unsaturated/α-hetero) is 1. The number of hydrogen-bond donors (Lipinski definition) is 1. The molecule has 15 heavy (non-hydrogen) atoms. The fraction of sp³-hybridized carbons (Fsp3) is 0.200. The van der Waals surface area contributed by atoms with Crippen LogP contribution in [0.4, 0.5) is 0 Å². The summed E-state index contributed by atoms with van der Waals surface area (Å²) in [4.78, 5) is 21.3. The van der Waals surface area contributed by atoms with Crippen molar-refractivity contribution in [3.8, 4) is 5.75 Å². The average molecular weight is 273 g/mol. The number of benzene rings is 1. The second-order valence-corrected chi connectivity index (χ2v) is 3.73. The summed E-state index contributed by atoms with van der Waals surface area (Å²) < 4.78 is 5.70. The predicted molar refractivity (Wildman–Crippen MR) is 57.0 cm³/mol. The maximum absolute atomic E-state index is 10.9. The van der Waals surface area contributed by atoms with E-state index in [9.17, 15) is 9.59 Å². The molecular formula is C10H9BrO4. The Hall–Kier alpha value is -1.36. The van der Waals surface area contributed by atoms with Gasteiger partial charge in [-0.3, -0.25) is 4.79 Å². The summed E-state index contributed by atoms with van der Waals surface area (Å²) in [6.07, 6.45) is -0.113. The van der Waals surface area contributed by atoms with Gasteiger partial charge < -0.3 is 9.84 Å². The van der Waals surface area contributed by atoms with Gasteiger partial charge in [0.25, 0.3) is 0 Å². The van der Waals surface area contributed by atoms with E-state index in [1.807, 2.05) is 0 Å². The van der Waals surface area contributed by atoms with Gasteiger partial charge in [-0.1, -0.05) is 6.07 Å². The maximum atomic E-state index is 10.9. The van der Waals surface area contributed by atoms with Crippen LogP contribution in [0.5, 0.6) is 5.75 Å². The van der Waals surface area contributed by atoms with Crippen LogP contribution in [-0.4, -0.2) is 24.0 Å². The minimum atomic E-state index is -1.41. The van der Waals surface area contributed by atoms with Crippen LogP contribution in [0.15, 0.2) is 22.7 Å². The van der Waals surface area contributed by atoms with Gasteiger partial charge in [0.15, 0.2) is 0 Å². The Morgan fingerprint density at radius 1 is 1.47 bits per heavy atom. The number of hydrogen-bond acceptors (Lipinski definition) is 3. The van der Waals surface area contributed by atoms with Crippen molar-refractivity contribution < 1.29 is 19.4 Å². The molecule has 0 bridgehead atoms. The van der Waals surface area contributed by atoms with Gasteiger partial charge in [0.05, 0.1) is 11.6 Å². The summed E-state index contributed by atoms with van der Waals surface area (Å²) in [5.41, 5.74) is 0.634. The SMILES string of the molecule is COc1ccc(CC(=O)C(=O)O)cc1Br. The smallest absolute Gasteiger partial charge is 0.372 e. The van der Waals surface area contributed by atoms with Crippen LogP contribution in [0.1, 0.15) is 5.56 Å². The Morgan fingerprint density at radius 3 is 2.60 bits per heavy atom. The summed E-state index contributed by atoms with van der Waals surface area (Å²) >= 11 is 3.25. The Kier molecular flexibility index (Phi) is 3.85. The second kappa shape index (κ2) is 4.93. The molecule has 0 heterocycles. The fourth-order valence-electron chi connectivity index (χ4n) is 1.08. The van der Waals surface area contributed by atoms with Crippen molar-refractivity contribution in [2.24, 2.45) is 0 Å². The Bertz CT molecular complexity index is 400. The lowest BCUT2D eigenvalue weighted by Crippen LogP contribution is -2.14. The molecule has 0 amide bonds. The van der Waals surface area contributed by atoms with E-state index >= 15 is 0 Å². The molecule has 0 fully saturated rings. The van der Waals surface area contributed by atoms with E-state index in [4.69, 9.17) is 9.84 Å². The van der Waals surface area contributed by atoms with Crippen LogP contribution in [-0.2, 0) is 16.0 Å². The van der Waals surface area contributed by atoms with E-state index in [1.165, 1.54) is 7.11 Å². The number of ether oxygens (including phenoxy) is 1. The molecule has 80 valence electrons. The highest BCUT2D eigenvalue weighted by molar-refractivity contribution is 9.10. The third-order valence-electron chi connectivity index (χ3n) is 1.82. The molecule has 0 aliphatic carbocycles. The fourth-order valence-corrected chi connectivity index (χ4v) is 1.67. The van der Waals surface area contributed by atoms with Crippen LogP contribution in [0, 0.1) is 0 Å². The molecule has 0 aliphatic rings. The number of carboxylic acid groups (broad SMARTS) is 1. The lowest BCUT2D eigenvalue weighted by Gasteiger charge is -2.04. The number of rotatable bonds is 4. The van der Waals surface area contributed by atoms with Gasteiger partial charge in [-0.05, 0) is 33.6 Å². The van der Waals surface area contributed by atoms with E-state index < -0.39 is 11.8 Å². The number of ketones is 1. The van der Waals surface area contributed by atoms with Crippen LogP contribution >= 0.6 is 15.9 Å². The van der Waals surface area contributed by atoms with Gasteiger partial charge in [0.1, 0.15) is 5.75 Å². The largest absolute Gasteiger partial charge is 0.496 e. The molecule has 0 radical (unpaired) electrons. The molecule has 0 aliphatic heterocycles. The van der Waals surface area contributed by atoms with Crippen LogP contribution in [0.25, 0.3) is 0 Å². The van der Waals surface area contributed by atoms with E-state index in [0.717, 1.165) is 0 Å². The van der Waals surface area contributed by atoms with Crippen molar-refractivity contribution in [1.29, 1.82) is 0 Å². The first kappa shape index (κ1) is 11.7. The zero-order valence-corrected chi connectivity index (χ0v) is 9.58. The molecule has 0 unspecified atom stereocenters. The average Bonchev–Trinajstić information content (AvgIpc) is 2.18. The summed E-state index contributed by atoms with van der Waals surface area (Å²) in [6, 6.07) is 5.00. The molecule has 0 saturated carbocycles. The normalized spacial score (nSPS) is 9.73. The number of methoxy groups -OCH3 is 1. The van der Waals surface area contributed by atoms with E-state index in [2.05, 4.69) is 15.9 Å². The number of aliphatic carboxylic acids is 1. The van der Waals surface area contributed by atoms with Gasteiger partial charge in [-0.25, -0.2) is 4.79 Å². The molecular weight excluding hydrogens is 264 g/mol. The van der Waals surface area contributed by atoms with Crippen LogP contribution in [0.2, 0.25) is 0 Å². The van der Waals surface area contributed by atoms with Crippen LogP contribution in [0.3, 0.4) is 0 Å². The lowest BCUT2D eigenvalue weighted by molar-refractivity contribution is -0.148. The first-order valence-electron chi connectivity index (χ1n) is 4.13. The highest BCUT2D eigenvalue weighted by Crippen LogP contribution is 2.25. The standard InChI is InChI=1S/C10H9BrO4/c1-15-9-3-2-6(4-7(9)11)5-8(12)10(13)14/h2-4H,5H2,1H3,(H,13,14). The highest BCUT2D eigenvalue weighted by atomic mass is 79.9. The molecule has 5 heteroatoms. The van der Waals surface area contributed by atoms with E-state index in [-0.39, 0.29) is 6.42 Å². The van der Waals surface area contributed by atoms with Crippen molar-refractivity contribution in [2.45, 2.75) is 6.42 Å². The first-order chi connectivity index (χ1) is 7.04. The van der Waals surface area contributed by atoms with Crippen molar-refractivity contribution >= 4 is 27.7 Å². The molecule has 0 saturated heterocycles. The Morgan fingerprint density at radius 2 is 2.13 bits per heavy atom. The molecule has 1 N–H and O–H groups in total. The molecule has 0 atom stereocenters. The summed E-state index contributed by atoms with van der Waals surface area (Å²) in [7, 11) is 1.53. The summed E-state index contributed by atoms with van der Waals surface area (Å²) in [5.74, 6) is -1.60. The minimum Gasteiger partial charge on any atom is -0.496 e. The van der Waals surface area contributed by atoms with E-state index in [1.54, 1.807) is 18.2 Å². The van der Waals surface area contributed by atoms with Gasteiger partial charge >= 0.3 is 5.97 Å². The van der Waals surface area contributed by atoms with Gasteiger partial charge in [0, 0.05) is 6.42 Å². The zero-order valence-electron chi connectivity index (χ0n) is 7.99. The van der Waals surface area contributed by atoms with Gasteiger partial charge in [0.2, 0.25) is 5.78 Å². The molecule has 0 spiro atoms. The molecule has 4 nitrogen and oxygen atoms in total. The lowest BCUT2D eigenvalue weighted by atomic mass is 10.1. The van der Waals surface area contributed by atoms with E-state index in [0.29, 0.717) is 15.8 Å². The maximum Gasteiger partial charge on any atom is 0.372 e. The monoisotopic (exact) mass is 272 g/mol. The highest BCUT2D eigenvalue weighted by Gasteiger charge is 2.12. The molecule has 1 aromatic carbocycles. The van der Waals surface area contributed by atoms with Crippen molar-refractivity contribution in [3.05, 3.63) is 28.2 Å². The third kappa shape index (κ3) is 3.06. The number of carbonyl (C=O) groups excluding carboxylic acids is 1. The van der Waals surface area contributed by atoms with Crippen molar-refractivity contribution in [2.75, 3.05) is 7.11 Å². The Balaban J connectivity index is 2.84. The summed E-state index contributed by atoms with van der Waals surface area (Å²) in [6.45, 7) is 0.